The first kappa shape index (κ1) is 23.1. The summed E-state index contributed by atoms with van der Waals surface area (Å²) >= 11 is 0. The van der Waals surface area contributed by atoms with E-state index in [1.54, 1.807) is 0 Å². The Morgan fingerprint density at radius 3 is 2.00 bits per heavy atom. The first-order valence-corrected chi connectivity index (χ1v) is 14.4. The molecule has 6 aromatic rings. The van der Waals surface area contributed by atoms with Gasteiger partial charge in [0, 0.05) is 16.7 Å². The number of aryl methyl sites for hydroxylation is 1. The molecule has 0 radical (unpaired) electrons. The topological polar surface area (TPSA) is 17.1 Å². The number of halogens is 2. The van der Waals surface area contributed by atoms with Crippen molar-refractivity contribution >= 4 is 61.4 Å². The van der Waals surface area contributed by atoms with E-state index < -0.39 is 18.8 Å². The molecule has 1 aliphatic carbocycles. The average molecular weight is 517 g/mol. The molecule has 0 saturated heterocycles. The van der Waals surface area contributed by atoms with E-state index >= 15 is 8.96 Å². The van der Waals surface area contributed by atoms with E-state index in [9.17, 15) is 4.39 Å². The maximum atomic E-state index is 15.9. The van der Waals surface area contributed by atoms with Crippen LogP contribution in [-0.2, 0) is 11.0 Å². The minimum atomic E-state index is -3.84. The first-order chi connectivity index (χ1) is 18.6. The fourth-order valence-electron chi connectivity index (χ4n) is 5.96. The van der Waals surface area contributed by atoms with Gasteiger partial charge in [-0.2, -0.15) is 0 Å². The molecule has 0 N–H and O–H groups in total. The normalized spacial score (nSPS) is 14.6. The van der Waals surface area contributed by atoms with Crippen LogP contribution >= 0.6 is 7.14 Å². The molecule has 1 aliphatic rings. The van der Waals surface area contributed by atoms with E-state index in [1.807, 2.05) is 84.9 Å². The van der Waals surface area contributed by atoms with Crippen molar-refractivity contribution in [3.63, 3.8) is 0 Å². The van der Waals surface area contributed by atoms with Crippen LogP contribution in [0.4, 0.5) is 8.78 Å². The van der Waals surface area contributed by atoms with E-state index in [2.05, 4.69) is 12.2 Å². The lowest BCUT2D eigenvalue weighted by Crippen LogP contribution is -2.29. The molecule has 1 atom stereocenters. The zero-order chi connectivity index (χ0) is 25.9. The largest absolute Gasteiger partial charge is 0.308 e. The molecule has 1 nitrogen and oxygen atoms in total. The Hall–Kier alpha value is -4.07. The van der Waals surface area contributed by atoms with Crippen molar-refractivity contribution < 1.29 is 13.3 Å². The van der Waals surface area contributed by atoms with Crippen molar-refractivity contribution in [2.45, 2.75) is 12.8 Å². The van der Waals surface area contributed by atoms with Gasteiger partial charge in [0.15, 0.2) is 7.14 Å². The summed E-state index contributed by atoms with van der Waals surface area (Å²) in [4.78, 5) is 0. The number of rotatable bonds is 3. The van der Waals surface area contributed by atoms with Crippen LogP contribution in [0.5, 0.6) is 0 Å². The molecule has 0 fully saturated rings. The third-order valence-electron chi connectivity index (χ3n) is 7.69. The Kier molecular flexibility index (Phi) is 5.32. The molecular weight excluding hydrogens is 493 g/mol. The minimum Gasteiger partial charge on any atom is -0.308 e. The number of benzene rings is 6. The van der Waals surface area contributed by atoms with Crippen molar-refractivity contribution in [2.75, 3.05) is 0 Å². The Morgan fingerprint density at radius 2 is 1.24 bits per heavy atom. The minimum absolute atomic E-state index is 0.0239. The van der Waals surface area contributed by atoms with Gasteiger partial charge < -0.3 is 4.57 Å². The summed E-state index contributed by atoms with van der Waals surface area (Å²) < 4.78 is 45.8. The number of hydrogen-bond donors (Lipinski definition) is 0. The van der Waals surface area contributed by atoms with Crippen LogP contribution < -0.4 is 15.9 Å². The van der Waals surface area contributed by atoms with Gasteiger partial charge in [-0.3, -0.25) is 0 Å². The second-order valence-electron chi connectivity index (χ2n) is 9.82. The predicted octanol–water partition coefficient (Wildman–Crippen LogP) is 8.02. The van der Waals surface area contributed by atoms with Gasteiger partial charge in [-0.1, -0.05) is 84.9 Å². The maximum absolute atomic E-state index is 15.9. The summed E-state index contributed by atoms with van der Waals surface area (Å²) in [5.74, 6) is -1.49. The summed E-state index contributed by atoms with van der Waals surface area (Å²) in [5.41, 5.74) is 2.21. The Morgan fingerprint density at radius 1 is 0.605 bits per heavy atom. The highest BCUT2D eigenvalue weighted by atomic mass is 31.2. The number of fused-ring (bicyclic) bond motifs is 6. The quantitative estimate of drug-likeness (QED) is 0.172. The molecule has 0 amide bonds. The van der Waals surface area contributed by atoms with E-state index in [-0.39, 0.29) is 5.30 Å². The van der Waals surface area contributed by atoms with E-state index in [4.69, 9.17) is 0 Å². The van der Waals surface area contributed by atoms with Crippen LogP contribution in [0, 0.1) is 11.6 Å². The van der Waals surface area contributed by atoms with Gasteiger partial charge in [-0.25, -0.2) is 8.78 Å². The van der Waals surface area contributed by atoms with Crippen molar-refractivity contribution in [3.8, 4) is 0 Å². The van der Waals surface area contributed by atoms with Crippen LogP contribution in [0.15, 0.2) is 109 Å². The molecular formula is C34H23F2OP. The molecule has 7 rings (SSSR count). The monoisotopic (exact) mass is 516 g/mol. The first-order valence-electron chi connectivity index (χ1n) is 12.7. The molecule has 0 aromatic heterocycles. The standard InChI is InChI=1S/C34H23F2OP/c35-24-17-18-32(31(36)21-24)38(37,33-19-22-9-1-3-11-25(22)27-13-5-7-15-29(27)33)34-20-23-10-2-4-12-26(23)28-14-6-8-16-30(28)34/h1,3-9,11-21H,2,10H2. The fourth-order valence-corrected chi connectivity index (χ4v) is 9.12. The lowest BCUT2D eigenvalue weighted by Gasteiger charge is -2.26. The molecule has 0 saturated carbocycles. The molecule has 0 bridgehead atoms. The lowest BCUT2D eigenvalue weighted by atomic mass is 9.92. The highest BCUT2D eigenvalue weighted by Crippen LogP contribution is 2.49. The molecule has 0 heterocycles. The molecule has 38 heavy (non-hydrogen) atoms. The molecule has 184 valence electrons. The maximum Gasteiger partial charge on any atom is 0.175 e. The highest BCUT2D eigenvalue weighted by molar-refractivity contribution is 7.86. The Balaban J connectivity index is 1.69. The van der Waals surface area contributed by atoms with Crippen LogP contribution in [-0.4, -0.2) is 0 Å². The van der Waals surface area contributed by atoms with Gasteiger partial charge in [0.05, 0.1) is 5.30 Å². The highest BCUT2D eigenvalue weighted by Gasteiger charge is 2.37. The lowest BCUT2D eigenvalue weighted by molar-refractivity contribution is 0.580. The van der Waals surface area contributed by atoms with E-state index in [0.717, 1.165) is 62.4 Å². The van der Waals surface area contributed by atoms with Crippen molar-refractivity contribution in [1.29, 1.82) is 0 Å². The average Bonchev–Trinajstić information content (AvgIpc) is 2.96. The second-order valence-corrected chi connectivity index (χ2v) is 12.5. The summed E-state index contributed by atoms with van der Waals surface area (Å²) in [7, 11) is -3.84. The third kappa shape index (κ3) is 3.39. The van der Waals surface area contributed by atoms with Gasteiger partial charge in [0.1, 0.15) is 11.6 Å². The smallest absolute Gasteiger partial charge is 0.175 e. The fraction of sp³-hybridized carbons (Fsp3) is 0.0588. The van der Waals surface area contributed by atoms with Crippen LogP contribution in [0.1, 0.15) is 17.5 Å². The third-order valence-corrected chi connectivity index (χ3v) is 10.8. The number of allylic oxidation sites excluding steroid dienone is 1. The summed E-state index contributed by atoms with van der Waals surface area (Å²) in [6.07, 6.45) is 5.98. The molecule has 0 spiro atoms. The van der Waals surface area contributed by atoms with Gasteiger partial charge in [0.25, 0.3) is 0 Å². The van der Waals surface area contributed by atoms with Crippen LogP contribution in [0.25, 0.3) is 38.4 Å². The Labute approximate surface area is 219 Å². The summed E-state index contributed by atoms with van der Waals surface area (Å²) in [5, 5.41) is 6.71. The molecule has 1 unspecified atom stereocenters. The zero-order valence-corrected chi connectivity index (χ0v) is 21.4. The van der Waals surface area contributed by atoms with E-state index in [1.165, 1.54) is 12.1 Å². The van der Waals surface area contributed by atoms with E-state index in [0.29, 0.717) is 10.6 Å². The molecule has 0 aliphatic heterocycles. The zero-order valence-electron chi connectivity index (χ0n) is 20.5. The van der Waals surface area contributed by atoms with Crippen molar-refractivity contribution in [2.24, 2.45) is 0 Å². The van der Waals surface area contributed by atoms with Gasteiger partial charge in [0.2, 0.25) is 0 Å². The van der Waals surface area contributed by atoms with Crippen molar-refractivity contribution in [1.82, 2.24) is 0 Å². The van der Waals surface area contributed by atoms with Gasteiger partial charge in [-0.15, -0.1) is 0 Å². The van der Waals surface area contributed by atoms with Gasteiger partial charge in [-0.05, 0) is 80.6 Å². The summed E-state index contributed by atoms with van der Waals surface area (Å²) in [6, 6.07) is 31.1. The van der Waals surface area contributed by atoms with Crippen LogP contribution in [0.2, 0.25) is 0 Å². The van der Waals surface area contributed by atoms with Crippen LogP contribution in [0.3, 0.4) is 0 Å². The molecule has 4 heteroatoms. The SMILES string of the molecule is O=P(c1ccc(F)cc1F)(c1cc2c(c3ccccc13)C=CCC2)c1cc2ccccc2c2ccccc12. The Bertz CT molecular complexity index is 1990. The van der Waals surface area contributed by atoms with Crippen molar-refractivity contribution in [3.05, 3.63) is 132 Å². The predicted molar refractivity (Wildman–Crippen MR) is 156 cm³/mol. The second kappa shape index (κ2) is 8.75. The number of hydrogen-bond acceptors (Lipinski definition) is 1. The summed E-state index contributed by atoms with van der Waals surface area (Å²) in [6.45, 7) is 0. The van der Waals surface area contributed by atoms with Gasteiger partial charge >= 0.3 is 0 Å². The molecule has 6 aromatic carbocycles.